The van der Waals surface area contributed by atoms with Crippen LogP contribution in [0.3, 0.4) is 0 Å². The van der Waals surface area contributed by atoms with E-state index in [2.05, 4.69) is 0 Å². The van der Waals surface area contributed by atoms with Crippen molar-refractivity contribution in [1.29, 1.82) is 0 Å². The van der Waals surface area contributed by atoms with Gasteiger partial charge in [-0.15, -0.1) is 0 Å². The molecule has 0 spiro atoms. The molecule has 0 heterocycles. The van der Waals surface area contributed by atoms with E-state index in [9.17, 15) is 29.4 Å². The second-order valence-electron chi connectivity index (χ2n) is 10.5. The van der Waals surface area contributed by atoms with E-state index >= 15 is 0 Å². The Kier molecular flexibility index (Phi) is 23.9. The minimum absolute atomic E-state index is 0. The van der Waals surface area contributed by atoms with Gasteiger partial charge in [-0.05, 0) is 64.2 Å². The summed E-state index contributed by atoms with van der Waals surface area (Å²) in [7, 11) is 0. The number of carbonyl (C=O) groups excluding carboxylic acids is 4. The third kappa shape index (κ3) is 18.3. The van der Waals surface area contributed by atoms with Gasteiger partial charge < -0.3 is 52.8 Å². The summed E-state index contributed by atoms with van der Waals surface area (Å²) in [6, 6.07) is 0. The minimum atomic E-state index is -1.18. The average Bonchev–Trinajstić information content (AvgIpc) is 2.95. The van der Waals surface area contributed by atoms with Crippen molar-refractivity contribution in [3.8, 4) is 0 Å². The van der Waals surface area contributed by atoms with Gasteiger partial charge in [0.1, 0.15) is 38.6 Å². The van der Waals surface area contributed by atoms with Crippen molar-refractivity contribution in [3.05, 3.63) is 0 Å². The Bertz CT molecular complexity index is 879. The van der Waals surface area contributed by atoms with Gasteiger partial charge in [-0.25, -0.2) is 19.2 Å². The summed E-state index contributed by atoms with van der Waals surface area (Å²) in [5.74, 6) is 0.775. The Morgan fingerprint density at radius 2 is 1.02 bits per heavy atom. The number of ether oxygens (including phenoxy) is 9. The first kappa shape index (κ1) is 44.2. The second-order valence-corrected chi connectivity index (χ2v) is 10.5. The monoisotopic (exact) mass is 800 g/mol. The molecule has 2 saturated carbocycles. The van der Waals surface area contributed by atoms with Gasteiger partial charge in [-0.2, -0.15) is 0 Å². The predicted molar refractivity (Wildman–Crippen MR) is 145 cm³/mol. The molecule has 0 saturated heterocycles. The van der Waals surface area contributed by atoms with Gasteiger partial charge >= 0.3 is 24.6 Å². The van der Waals surface area contributed by atoms with Crippen LogP contribution in [-0.4, -0.2) is 98.3 Å². The standard InChI is InChI=1S/C28H46O15.2Y/c1-5-19-8-10-23(22(30)15-19)42-27(33)37-13-11-35-25(31)40-17(3)39-18(4)41-26(32)36-12-14-38-28(34)43-24-16-20(6-2)7-9-21(24)29;;/h17-24,29-30H,5-16H2,1-4H3;;. The van der Waals surface area contributed by atoms with E-state index in [0.29, 0.717) is 37.5 Å². The molecule has 15 nitrogen and oxygen atoms in total. The fourth-order valence-corrected chi connectivity index (χ4v) is 4.88. The van der Waals surface area contributed by atoms with Crippen molar-refractivity contribution < 1.29 is 137 Å². The summed E-state index contributed by atoms with van der Waals surface area (Å²) < 4.78 is 44.6. The van der Waals surface area contributed by atoms with E-state index in [4.69, 9.17) is 42.6 Å². The first-order valence-electron chi connectivity index (χ1n) is 14.9. The Hall–Kier alpha value is -0.832. The molecule has 17 heteroatoms. The molecule has 0 bridgehead atoms. The maximum absolute atomic E-state index is 11.9. The molecule has 254 valence electrons. The zero-order valence-corrected chi connectivity index (χ0v) is 32.1. The van der Waals surface area contributed by atoms with Gasteiger partial charge in [0.15, 0.2) is 0 Å². The number of hydrogen-bond acceptors (Lipinski definition) is 15. The van der Waals surface area contributed by atoms with E-state index < -0.39 is 61.6 Å². The molecular formula is C28H46O15Y2. The Morgan fingerprint density at radius 3 is 1.49 bits per heavy atom. The van der Waals surface area contributed by atoms with E-state index in [1.807, 2.05) is 13.8 Å². The van der Waals surface area contributed by atoms with Crippen molar-refractivity contribution in [2.24, 2.45) is 11.8 Å². The van der Waals surface area contributed by atoms with E-state index in [0.717, 1.165) is 25.7 Å². The van der Waals surface area contributed by atoms with Crippen LogP contribution in [-0.2, 0) is 108 Å². The van der Waals surface area contributed by atoms with Crippen LogP contribution in [0.15, 0.2) is 0 Å². The SMILES string of the molecule is CCC1CCC(OC(=O)OCCOC(=O)OC(C)OC(C)OC(=O)OCCOC(=O)OC2CC(CC)CCC2O)C(O)C1.[Y].[Y]. The van der Waals surface area contributed by atoms with Gasteiger partial charge in [0.2, 0.25) is 12.6 Å². The van der Waals surface area contributed by atoms with Crippen LogP contribution in [0.4, 0.5) is 19.2 Å². The van der Waals surface area contributed by atoms with Crippen LogP contribution in [0.2, 0.25) is 0 Å². The average molecular weight is 800 g/mol. The van der Waals surface area contributed by atoms with Crippen molar-refractivity contribution in [1.82, 2.24) is 0 Å². The molecule has 0 aromatic heterocycles. The Balaban J connectivity index is 0.00000968. The van der Waals surface area contributed by atoms with Gasteiger partial charge in [-0.3, -0.25) is 0 Å². The molecule has 2 fully saturated rings. The van der Waals surface area contributed by atoms with E-state index in [1.54, 1.807) is 0 Å². The number of carbonyl (C=O) groups is 4. The van der Waals surface area contributed by atoms with E-state index in [-0.39, 0.29) is 91.8 Å². The van der Waals surface area contributed by atoms with Gasteiger partial charge in [0.05, 0.1) is 12.2 Å². The van der Waals surface area contributed by atoms with Crippen molar-refractivity contribution in [2.75, 3.05) is 26.4 Å². The molecule has 2 aliphatic carbocycles. The molecule has 0 amide bonds. The Morgan fingerprint density at radius 1 is 0.600 bits per heavy atom. The first-order valence-corrected chi connectivity index (χ1v) is 14.9. The largest absolute Gasteiger partial charge is 0.510 e. The summed E-state index contributed by atoms with van der Waals surface area (Å²) in [5, 5.41) is 20.1. The summed E-state index contributed by atoms with van der Waals surface area (Å²) in [6.07, 6.45) is -3.46. The first-order chi connectivity index (χ1) is 20.5. The summed E-state index contributed by atoms with van der Waals surface area (Å²) >= 11 is 0. The third-order valence-electron chi connectivity index (χ3n) is 7.33. The van der Waals surface area contributed by atoms with Gasteiger partial charge in [0, 0.05) is 65.4 Å². The maximum atomic E-state index is 11.9. The minimum Gasteiger partial charge on any atom is -0.431 e. The van der Waals surface area contributed by atoms with Crippen molar-refractivity contribution in [3.63, 3.8) is 0 Å². The van der Waals surface area contributed by atoms with Gasteiger partial charge in [-0.1, -0.05) is 26.7 Å². The number of aliphatic hydroxyl groups is 2. The molecule has 45 heavy (non-hydrogen) atoms. The fraction of sp³-hybridized carbons (Fsp3) is 0.857. The topological polar surface area (TPSA) is 192 Å². The van der Waals surface area contributed by atoms with Crippen molar-refractivity contribution >= 4 is 24.6 Å². The molecule has 2 radical (unpaired) electrons. The molecule has 2 N–H and O–H groups in total. The fourth-order valence-electron chi connectivity index (χ4n) is 4.88. The second kappa shape index (κ2) is 24.3. The summed E-state index contributed by atoms with van der Waals surface area (Å²) in [4.78, 5) is 47.3. The summed E-state index contributed by atoms with van der Waals surface area (Å²) in [6.45, 7) is 5.56. The molecule has 2 rings (SSSR count). The van der Waals surface area contributed by atoms with Crippen LogP contribution < -0.4 is 0 Å². The molecule has 8 unspecified atom stereocenters. The molecule has 0 aliphatic heterocycles. The van der Waals surface area contributed by atoms with Crippen molar-refractivity contribution in [2.45, 2.75) is 116 Å². The Labute approximate surface area is 314 Å². The van der Waals surface area contributed by atoms with Crippen LogP contribution in [0.1, 0.15) is 79.1 Å². The zero-order chi connectivity index (χ0) is 31.8. The van der Waals surface area contributed by atoms with E-state index in [1.165, 1.54) is 13.8 Å². The molecule has 0 aromatic rings. The third-order valence-corrected chi connectivity index (χ3v) is 7.33. The number of aliphatic hydroxyl groups excluding tert-OH is 2. The van der Waals surface area contributed by atoms with Crippen LogP contribution >= 0.6 is 0 Å². The van der Waals surface area contributed by atoms with Gasteiger partial charge in [0.25, 0.3) is 0 Å². The normalized spacial score (nSPS) is 25.5. The smallest absolute Gasteiger partial charge is 0.431 e. The van der Waals surface area contributed by atoms with Crippen LogP contribution in [0.25, 0.3) is 0 Å². The van der Waals surface area contributed by atoms with Crippen LogP contribution in [0, 0.1) is 11.8 Å². The van der Waals surface area contributed by atoms with Crippen LogP contribution in [0.5, 0.6) is 0 Å². The molecule has 8 atom stereocenters. The predicted octanol–water partition coefficient (Wildman–Crippen LogP) is 4.18. The number of hydrogen-bond donors (Lipinski definition) is 2. The molecule has 2 aliphatic rings. The molecular weight excluding hydrogens is 754 g/mol. The quantitative estimate of drug-likeness (QED) is 0.110. The maximum Gasteiger partial charge on any atom is 0.510 e. The molecule has 0 aromatic carbocycles. The summed E-state index contributed by atoms with van der Waals surface area (Å²) in [5.41, 5.74) is 0. The number of rotatable bonds is 14. The zero-order valence-electron chi connectivity index (χ0n) is 26.5.